The van der Waals surface area contributed by atoms with Crippen molar-refractivity contribution in [2.45, 2.75) is 59.7 Å². The Balaban J connectivity index is 3.52. The summed E-state index contributed by atoms with van der Waals surface area (Å²) in [5.41, 5.74) is 1.11. The van der Waals surface area contributed by atoms with Crippen molar-refractivity contribution in [3.05, 3.63) is 16.1 Å². The molecule has 0 radical (unpaired) electrons. The second-order valence-corrected chi connectivity index (χ2v) is 6.48. The molecule has 0 unspecified atom stereocenters. The van der Waals surface area contributed by atoms with Crippen LogP contribution in [-0.2, 0) is 0 Å². The smallest absolute Gasteiger partial charge is 0.205 e. The highest BCUT2D eigenvalue weighted by Gasteiger charge is 2.23. The van der Waals surface area contributed by atoms with Crippen LogP contribution in [0.2, 0.25) is 0 Å². The molecular weight excluding hydrogens is 320 g/mol. The molecular formula is C16H25BrO3. The number of methoxy groups -OCH3 is 1. The molecule has 1 aromatic carbocycles. The van der Waals surface area contributed by atoms with Crippen LogP contribution in [0.1, 0.15) is 53.0 Å². The van der Waals surface area contributed by atoms with Gasteiger partial charge in [-0.1, -0.05) is 13.8 Å². The number of rotatable bonds is 6. The molecule has 4 heteroatoms. The van der Waals surface area contributed by atoms with Crippen LogP contribution in [0.4, 0.5) is 0 Å². The standard InChI is InChI=1S/C16H25BrO3/c1-9(2)12-8-13(17)15(18-7)16(20-11(5)6)14(12)19-10(3)4/h8-11H,1-7H3. The summed E-state index contributed by atoms with van der Waals surface area (Å²) in [4.78, 5) is 0. The van der Waals surface area contributed by atoms with Gasteiger partial charge in [-0.25, -0.2) is 0 Å². The topological polar surface area (TPSA) is 27.7 Å². The SMILES string of the molecule is COc1c(Br)cc(C(C)C)c(OC(C)C)c1OC(C)C. The van der Waals surface area contributed by atoms with Crippen molar-refractivity contribution in [3.8, 4) is 17.2 Å². The van der Waals surface area contributed by atoms with Crippen LogP contribution >= 0.6 is 15.9 Å². The number of hydrogen-bond donors (Lipinski definition) is 0. The van der Waals surface area contributed by atoms with Gasteiger partial charge in [0.15, 0.2) is 11.5 Å². The van der Waals surface area contributed by atoms with Gasteiger partial charge < -0.3 is 14.2 Å². The van der Waals surface area contributed by atoms with Gasteiger partial charge in [0.25, 0.3) is 0 Å². The third-order valence-electron chi connectivity index (χ3n) is 2.71. The molecule has 114 valence electrons. The first-order valence-electron chi connectivity index (χ1n) is 7.01. The Kier molecular flexibility index (Phi) is 6.18. The molecule has 0 saturated carbocycles. The molecule has 1 aromatic rings. The molecule has 0 atom stereocenters. The van der Waals surface area contributed by atoms with Crippen molar-refractivity contribution in [2.24, 2.45) is 0 Å². The highest BCUT2D eigenvalue weighted by molar-refractivity contribution is 9.10. The summed E-state index contributed by atoms with van der Waals surface area (Å²) in [6.07, 6.45) is 0.126. The van der Waals surface area contributed by atoms with Gasteiger partial charge in [0.1, 0.15) is 0 Å². The summed E-state index contributed by atoms with van der Waals surface area (Å²) in [6, 6.07) is 2.05. The van der Waals surface area contributed by atoms with Gasteiger partial charge in [-0.15, -0.1) is 0 Å². The molecule has 1 rings (SSSR count). The Bertz CT molecular complexity index is 454. The van der Waals surface area contributed by atoms with E-state index in [2.05, 4.69) is 35.8 Å². The van der Waals surface area contributed by atoms with Crippen molar-refractivity contribution >= 4 is 15.9 Å². The van der Waals surface area contributed by atoms with Gasteiger partial charge in [0.2, 0.25) is 5.75 Å². The normalized spacial score (nSPS) is 11.3. The summed E-state index contributed by atoms with van der Waals surface area (Å²) >= 11 is 3.56. The maximum Gasteiger partial charge on any atom is 0.205 e. The zero-order valence-electron chi connectivity index (χ0n) is 13.4. The van der Waals surface area contributed by atoms with Gasteiger partial charge in [-0.2, -0.15) is 0 Å². The molecule has 3 nitrogen and oxygen atoms in total. The lowest BCUT2D eigenvalue weighted by Gasteiger charge is -2.24. The largest absolute Gasteiger partial charge is 0.492 e. The lowest BCUT2D eigenvalue weighted by atomic mass is 10.0. The molecule has 0 aliphatic rings. The maximum absolute atomic E-state index is 6.01. The van der Waals surface area contributed by atoms with E-state index in [-0.39, 0.29) is 12.2 Å². The van der Waals surface area contributed by atoms with Crippen molar-refractivity contribution in [1.29, 1.82) is 0 Å². The van der Waals surface area contributed by atoms with Gasteiger partial charge in [0.05, 0.1) is 23.8 Å². The highest BCUT2D eigenvalue weighted by Crippen LogP contribution is 2.48. The molecule has 0 aromatic heterocycles. The summed E-state index contributed by atoms with van der Waals surface area (Å²) in [5.74, 6) is 2.47. The number of hydrogen-bond acceptors (Lipinski definition) is 3. The van der Waals surface area contributed by atoms with Crippen LogP contribution in [-0.4, -0.2) is 19.3 Å². The Morgan fingerprint density at radius 3 is 1.75 bits per heavy atom. The third kappa shape index (κ3) is 4.05. The van der Waals surface area contributed by atoms with Crippen molar-refractivity contribution in [1.82, 2.24) is 0 Å². The van der Waals surface area contributed by atoms with Gasteiger partial charge >= 0.3 is 0 Å². The molecule has 0 amide bonds. The first-order chi connectivity index (χ1) is 9.27. The molecule has 0 bridgehead atoms. The lowest BCUT2D eigenvalue weighted by Crippen LogP contribution is -2.14. The van der Waals surface area contributed by atoms with Gasteiger partial charge in [-0.3, -0.25) is 0 Å². The predicted octanol–water partition coefficient (Wildman–Crippen LogP) is 5.16. The molecule has 0 saturated heterocycles. The number of benzene rings is 1. The summed E-state index contributed by atoms with van der Waals surface area (Å²) in [6.45, 7) is 12.3. The van der Waals surface area contributed by atoms with E-state index in [1.165, 1.54) is 0 Å². The quantitative estimate of drug-likeness (QED) is 0.713. The van der Waals surface area contributed by atoms with Gasteiger partial charge in [-0.05, 0) is 55.6 Å². The van der Waals surface area contributed by atoms with Crippen LogP contribution in [0.15, 0.2) is 10.5 Å². The fourth-order valence-electron chi connectivity index (χ4n) is 1.93. The minimum atomic E-state index is 0.0488. The first kappa shape index (κ1) is 17.2. The highest BCUT2D eigenvalue weighted by atomic mass is 79.9. The van der Waals surface area contributed by atoms with E-state index >= 15 is 0 Å². The van der Waals surface area contributed by atoms with Crippen molar-refractivity contribution in [3.63, 3.8) is 0 Å². The second-order valence-electron chi connectivity index (χ2n) is 5.63. The maximum atomic E-state index is 6.01. The number of ether oxygens (including phenoxy) is 3. The Morgan fingerprint density at radius 2 is 1.35 bits per heavy atom. The van der Waals surface area contributed by atoms with Crippen molar-refractivity contribution < 1.29 is 14.2 Å². The fourth-order valence-corrected chi connectivity index (χ4v) is 2.52. The van der Waals surface area contributed by atoms with E-state index < -0.39 is 0 Å². The Hall–Kier alpha value is -0.900. The van der Waals surface area contributed by atoms with Crippen LogP contribution < -0.4 is 14.2 Å². The lowest BCUT2D eigenvalue weighted by molar-refractivity contribution is 0.189. The minimum absolute atomic E-state index is 0.0488. The van der Waals surface area contributed by atoms with E-state index in [4.69, 9.17) is 14.2 Å². The minimum Gasteiger partial charge on any atom is -0.492 e. The molecule has 0 N–H and O–H groups in total. The van der Waals surface area contributed by atoms with E-state index in [0.29, 0.717) is 17.4 Å². The van der Waals surface area contributed by atoms with E-state index in [1.54, 1.807) is 7.11 Å². The molecule has 0 spiro atoms. The van der Waals surface area contributed by atoms with Crippen LogP contribution in [0.25, 0.3) is 0 Å². The summed E-state index contributed by atoms with van der Waals surface area (Å²) in [5, 5.41) is 0. The second kappa shape index (κ2) is 7.21. The zero-order chi connectivity index (χ0) is 15.4. The monoisotopic (exact) mass is 344 g/mol. The van der Waals surface area contributed by atoms with Crippen LogP contribution in [0.3, 0.4) is 0 Å². The Morgan fingerprint density at radius 1 is 0.850 bits per heavy atom. The van der Waals surface area contributed by atoms with Crippen LogP contribution in [0.5, 0.6) is 17.2 Å². The van der Waals surface area contributed by atoms with E-state index in [0.717, 1.165) is 15.8 Å². The molecule has 20 heavy (non-hydrogen) atoms. The van der Waals surface area contributed by atoms with Crippen molar-refractivity contribution in [2.75, 3.05) is 7.11 Å². The van der Waals surface area contributed by atoms with Gasteiger partial charge in [0, 0.05) is 5.56 Å². The molecule has 0 aliphatic heterocycles. The predicted molar refractivity (Wildman–Crippen MR) is 86.3 cm³/mol. The average molecular weight is 345 g/mol. The molecule has 0 fully saturated rings. The Labute approximate surface area is 130 Å². The third-order valence-corrected chi connectivity index (χ3v) is 3.30. The fraction of sp³-hybridized carbons (Fsp3) is 0.625. The van der Waals surface area contributed by atoms with E-state index in [9.17, 15) is 0 Å². The molecule has 0 heterocycles. The average Bonchev–Trinajstić information content (AvgIpc) is 2.31. The first-order valence-corrected chi connectivity index (χ1v) is 7.80. The van der Waals surface area contributed by atoms with Crippen LogP contribution in [0, 0.1) is 0 Å². The zero-order valence-corrected chi connectivity index (χ0v) is 15.0. The summed E-state index contributed by atoms with van der Waals surface area (Å²) < 4.78 is 18.3. The van der Waals surface area contributed by atoms with E-state index in [1.807, 2.05) is 27.7 Å². The summed E-state index contributed by atoms with van der Waals surface area (Å²) in [7, 11) is 1.64. The number of halogens is 1. The molecule has 0 aliphatic carbocycles.